The molecule has 98 valence electrons. The fourth-order valence-electron chi connectivity index (χ4n) is 1.25. The lowest BCUT2D eigenvalue weighted by Gasteiger charge is -2.20. The van der Waals surface area contributed by atoms with E-state index in [1.807, 2.05) is 52.0 Å². The molecule has 0 aliphatic carbocycles. The van der Waals surface area contributed by atoms with Gasteiger partial charge in [-0.15, -0.1) is 0 Å². The third-order valence-corrected chi connectivity index (χ3v) is 1.93. The predicted molar refractivity (Wildman–Crippen MR) is 69.7 cm³/mol. The van der Waals surface area contributed by atoms with Crippen LogP contribution in [0.1, 0.15) is 47.0 Å². The molecule has 1 atom stereocenters. The Balaban J connectivity index is 3.79. The van der Waals surface area contributed by atoms with Gasteiger partial charge in [-0.1, -0.05) is 24.3 Å². The first kappa shape index (κ1) is 15.9. The van der Waals surface area contributed by atoms with Gasteiger partial charge >= 0.3 is 5.97 Å². The summed E-state index contributed by atoms with van der Waals surface area (Å²) in [5.74, 6) is -0.345. The molecule has 0 heterocycles. The smallest absolute Gasteiger partial charge is 0.308 e. The number of aliphatic hydroxyl groups is 1. The van der Waals surface area contributed by atoms with E-state index in [2.05, 4.69) is 0 Å². The van der Waals surface area contributed by atoms with E-state index in [0.717, 1.165) is 6.42 Å². The highest BCUT2D eigenvalue weighted by atomic mass is 16.6. The molecule has 0 amide bonds. The molecular weight excluding hydrogens is 216 g/mol. The number of aliphatic hydroxyl groups excluding tert-OH is 1. The molecular formula is C14H24O3. The molecule has 0 bridgehead atoms. The van der Waals surface area contributed by atoms with Crippen LogP contribution in [0.2, 0.25) is 0 Å². The molecule has 1 unspecified atom stereocenters. The highest BCUT2D eigenvalue weighted by Crippen LogP contribution is 2.11. The van der Waals surface area contributed by atoms with Crippen LogP contribution in [0.5, 0.6) is 0 Å². The molecule has 0 spiro atoms. The van der Waals surface area contributed by atoms with Crippen LogP contribution in [-0.4, -0.2) is 22.8 Å². The second kappa shape index (κ2) is 8.07. The SMILES string of the molecule is C/C=C/C=C\CCC(O)CC(=O)OC(C)(C)C. The van der Waals surface area contributed by atoms with Crippen molar-refractivity contribution in [3.63, 3.8) is 0 Å². The number of carbonyl (C=O) groups excluding carboxylic acids is 1. The van der Waals surface area contributed by atoms with Gasteiger partial charge in [0.2, 0.25) is 0 Å². The molecule has 17 heavy (non-hydrogen) atoms. The summed E-state index contributed by atoms with van der Waals surface area (Å²) in [4.78, 5) is 11.4. The summed E-state index contributed by atoms with van der Waals surface area (Å²) in [7, 11) is 0. The Bertz CT molecular complexity index is 272. The number of allylic oxidation sites excluding steroid dienone is 4. The normalized spacial score (nSPS) is 14.4. The summed E-state index contributed by atoms with van der Waals surface area (Å²) in [6.07, 6.45) is 8.54. The van der Waals surface area contributed by atoms with Crippen LogP contribution in [0, 0.1) is 0 Å². The van der Waals surface area contributed by atoms with Crippen molar-refractivity contribution in [3.05, 3.63) is 24.3 Å². The number of carbonyl (C=O) groups is 1. The number of hydrogen-bond donors (Lipinski definition) is 1. The Hall–Kier alpha value is -1.09. The fourth-order valence-corrected chi connectivity index (χ4v) is 1.25. The molecule has 0 aliphatic rings. The molecule has 0 aromatic carbocycles. The van der Waals surface area contributed by atoms with Crippen molar-refractivity contribution in [1.82, 2.24) is 0 Å². The van der Waals surface area contributed by atoms with Crippen molar-refractivity contribution in [2.45, 2.75) is 58.7 Å². The van der Waals surface area contributed by atoms with Crippen LogP contribution in [-0.2, 0) is 9.53 Å². The van der Waals surface area contributed by atoms with E-state index in [9.17, 15) is 9.90 Å². The van der Waals surface area contributed by atoms with Crippen LogP contribution in [0.25, 0.3) is 0 Å². The summed E-state index contributed by atoms with van der Waals surface area (Å²) < 4.78 is 5.13. The fraction of sp³-hybridized carbons (Fsp3) is 0.643. The second-order valence-corrected chi connectivity index (χ2v) is 4.98. The van der Waals surface area contributed by atoms with Gasteiger partial charge in [-0.05, 0) is 40.5 Å². The number of esters is 1. The maximum Gasteiger partial charge on any atom is 0.308 e. The molecule has 3 nitrogen and oxygen atoms in total. The Morgan fingerprint density at radius 1 is 1.35 bits per heavy atom. The van der Waals surface area contributed by atoms with Gasteiger partial charge in [0, 0.05) is 0 Å². The average molecular weight is 240 g/mol. The minimum absolute atomic E-state index is 0.0642. The summed E-state index contributed by atoms with van der Waals surface area (Å²) in [6.45, 7) is 7.40. The van der Waals surface area contributed by atoms with E-state index >= 15 is 0 Å². The van der Waals surface area contributed by atoms with Crippen LogP contribution in [0.4, 0.5) is 0 Å². The molecule has 0 saturated carbocycles. The molecule has 1 N–H and O–H groups in total. The molecule has 0 aromatic heterocycles. The van der Waals surface area contributed by atoms with Crippen molar-refractivity contribution in [2.75, 3.05) is 0 Å². The number of hydrogen-bond acceptors (Lipinski definition) is 3. The minimum Gasteiger partial charge on any atom is -0.460 e. The van der Waals surface area contributed by atoms with Crippen molar-refractivity contribution >= 4 is 5.97 Å². The summed E-state index contributed by atoms with van der Waals surface area (Å²) >= 11 is 0. The monoisotopic (exact) mass is 240 g/mol. The number of ether oxygens (including phenoxy) is 1. The van der Waals surface area contributed by atoms with Crippen LogP contribution < -0.4 is 0 Å². The maximum absolute atomic E-state index is 11.4. The van der Waals surface area contributed by atoms with Gasteiger partial charge in [0.05, 0.1) is 12.5 Å². The lowest BCUT2D eigenvalue weighted by atomic mass is 10.1. The van der Waals surface area contributed by atoms with Crippen molar-refractivity contribution in [3.8, 4) is 0 Å². The molecule has 0 aliphatic heterocycles. The van der Waals surface area contributed by atoms with E-state index in [-0.39, 0.29) is 12.4 Å². The van der Waals surface area contributed by atoms with Gasteiger partial charge in [0.15, 0.2) is 0 Å². The predicted octanol–water partition coefficient (Wildman–Crippen LogP) is 2.99. The summed E-state index contributed by atoms with van der Waals surface area (Å²) in [6, 6.07) is 0. The third-order valence-electron chi connectivity index (χ3n) is 1.93. The Labute approximate surface area is 104 Å². The lowest BCUT2D eigenvalue weighted by molar-refractivity contribution is -0.157. The molecule has 0 rings (SSSR count). The quantitative estimate of drug-likeness (QED) is 0.573. The summed E-state index contributed by atoms with van der Waals surface area (Å²) in [5.41, 5.74) is -0.484. The van der Waals surface area contributed by atoms with E-state index < -0.39 is 11.7 Å². The van der Waals surface area contributed by atoms with Gasteiger partial charge in [0.25, 0.3) is 0 Å². The zero-order valence-electron chi connectivity index (χ0n) is 11.3. The van der Waals surface area contributed by atoms with Gasteiger partial charge < -0.3 is 9.84 Å². The summed E-state index contributed by atoms with van der Waals surface area (Å²) in [5, 5.41) is 9.62. The van der Waals surface area contributed by atoms with E-state index in [1.54, 1.807) is 0 Å². The van der Waals surface area contributed by atoms with Crippen molar-refractivity contribution in [1.29, 1.82) is 0 Å². The standard InChI is InChI=1S/C14H24O3/c1-5-6-7-8-9-10-12(15)11-13(16)17-14(2,3)4/h5-8,12,15H,9-11H2,1-4H3/b6-5+,8-7-. The highest BCUT2D eigenvalue weighted by molar-refractivity contribution is 5.70. The second-order valence-electron chi connectivity index (χ2n) is 4.98. The largest absolute Gasteiger partial charge is 0.460 e. The Kier molecular flexibility index (Phi) is 7.55. The molecule has 3 heteroatoms. The van der Waals surface area contributed by atoms with Gasteiger partial charge in [-0.2, -0.15) is 0 Å². The van der Waals surface area contributed by atoms with Gasteiger partial charge in [-0.25, -0.2) is 0 Å². The number of rotatable bonds is 6. The van der Waals surface area contributed by atoms with Crippen molar-refractivity contribution in [2.24, 2.45) is 0 Å². The van der Waals surface area contributed by atoms with Crippen LogP contribution in [0.3, 0.4) is 0 Å². The first-order valence-corrected chi connectivity index (χ1v) is 6.03. The zero-order chi connectivity index (χ0) is 13.3. The first-order valence-electron chi connectivity index (χ1n) is 6.03. The van der Waals surface area contributed by atoms with E-state index in [4.69, 9.17) is 4.74 Å². The third kappa shape index (κ3) is 11.2. The van der Waals surface area contributed by atoms with E-state index in [0.29, 0.717) is 6.42 Å². The molecule has 0 saturated heterocycles. The average Bonchev–Trinajstić information content (AvgIpc) is 2.14. The maximum atomic E-state index is 11.4. The molecule has 0 radical (unpaired) electrons. The Morgan fingerprint density at radius 2 is 2.00 bits per heavy atom. The topological polar surface area (TPSA) is 46.5 Å². The zero-order valence-corrected chi connectivity index (χ0v) is 11.3. The van der Waals surface area contributed by atoms with Gasteiger partial charge in [0.1, 0.15) is 5.60 Å². The van der Waals surface area contributed by atoms with Crippen LogP contribution in [0.15, 0.2) is 24.3 Å². The minimum atomic E-state index is -0.625. The Morgan fingerprint density at radius 3 is 2.53 bits per heavy atom. The van der Waals surface area contributed by atoms with Crippen molar-refractivity contribution < 1.29 is 14.6 Å². The van der Waals surface area contributed by atoms with E-state index in [1.165, 1.54) is 0 Å². The lowest BCUT2D eigenvalue weighted by Crippen LogP contribution is -2.26. The van der Waals surface area contributed by atoms with Crippen LogP contribution >= 0.6 is 0 Å². The first-order chi connectivity index (χ1) is 7.85. The van der Waals surface area contributed by atoms with Gasteiger partial charge in [-0.3, -0.25) is 4.79 Å². The molecule has 0 fully saturated rings. The molecule has 0 aromatic rings. The highest BCUT2D eigenvalue weighted by Gasteiger charge is 2.18.